The molecule has 4 heterocycles. The maximum absolute atomic E-state index is 14.2. The lowest BCUT2D eigenvalue weighted by molar-refractivity contribution is 0.103. The normalized spacial score (nSPS) is 11.9. The third-order valence-corrected chi connectivity index (χ3v) is 9.42. The smallest absolute Gasteiger partial charge is 0.268 e. The minimum Gasteiger partial charge on any atom is -0.383 e. The van der Waals surface area contributed by atoms with Crippen LogP contribution in [0.15, 0.2) is 96.2 Å². The lowest BCUT2D eigenvalue weighted by Gasteiger charge is -2.12. The molecule has 0 unspecified atom stereocenters. The van der Waals surface area contributed by atoms with Crippen molar-refractivity contribution < 1.29 is 13.2 Å². The topological polar surface area (TPSA) is 142 Å². The number of imidazole rings is 1. The van der Waals surface area contributed by atoms with Gasteiger partial charge in [0.2, 0.25) is 5.78 Å². The Hall–Kier alpha value is -5.26. The fraction of sp³-hybridized carbons (Fsp3) is 0.0625. The van der Waals surface area contributed by atoms with E-state index in [4.69, 9.17) is 17.3 Å². The van der Waals surface area contributed by atoms with Crippen LogP contribution in [0.3, 0.4) is 0 Å². The van der Waals surface area contributed by atoms with E-state index in [1.165, 1.54) is 29.2 Å². The molecule has 0 aliphatic carbocycles. The minimum absolute atomic E-state index is 0.0384. The standard InChI is InChI=1S/C32H24ClN7O3S/c1-18-3-9-24(10-4-18)44(42,43)40-29-13-20(26-11-7-22(33)16-35-26)5-6-21(29)14-30(40)31(41)25-17-36-39(32(25)34)23-8-12-27-28(15-23)38-19(2)37-27/h3-17H,34H2,1-2H3,(H,37,38). The molecule has 0 aliphatic rings. The molecule has 0 amide bonds. The van der Waals surface area contributed by atoms with Gasteiger partial charge in [-0.3, -0.25) is 9.78 Å². The number of rotatable bonds is 6. The van der Waals surface area contributed by atoms with Crippen LogP contribution in [0, 0.1) is 13.8 Å². The Morgan fingerprint density at radius 2 is 1.73 bits per heavy atom. The molecular weight excluding hydrogens is 598 g/mol. The molecule has 3 aromatic carbocycles. The Morgan fingerprint density at radius 1 is 0.932 bits per heavy atom. The van der Waals surface area contributed by atoms with E-state index < -0.39 is 15.8 Å². The number of aryl methyl sites for hydroxylation is 2. The van der Waals surface area contributed by atoms with Gasteiger partial charge in [-0.25, -0.2) is 22.1 Å². The number of nitrogens with two attached hydrogens (primary N) is 1. The summed E-state index contributed by atoms with van der Waals surface area (Å²) in [6, 6.07) is 22.2. The second kappa shape index (κ2) is 10.2. The minimum atomic E-state index is -4.23. The van der Waals surface area contributed by atoms with Gasteiger partial charge in [-0.1, -0.05) is 41.4 Å². The highest BCUT2D eigenvalue weighted by molar-refractivity contribution is 7.90. The predicted molar refractivity (Wildman–Crippen MR) is 170 cm³/mol. The molecule has 0 radical (unpaired) electrons. The van der Waals surface area contributed by atoms with Crippen LogP contribution in [0.4, 0.5) is 5.82 Å². The van der Waals surface area contributed by atoms with Gasteiger partial charge in [0.15, 0.2) is 0 Å². The molecule has 0 saturated heterocycles. The highest BCUT2D eigenvalue weighted by Gasteiger charge is 2.29. The van der Waals surface area contributed by atoms with Gasteiger partial charge < -0.3 is 10.7 Å². The van der Waals surface area contributed by atoms with Crippen LogP contribution in [0.25, 0.3) is 38.9 Å². The van der Waals surface area contributed by atoms with Crippen molar-refractivity contribution in [1.82, 2.24) is 28.7 Å². The number of aromatic nitrogens is 6. The number of ketones is 1. The first kappa shape index (κ1) is 27.6. The molecule has 12 heteroatoms. The number of nitrogens with zero attached hydrogens (tertiary/aromatic N) is 5. The molecule has 3 N–H and O–H groups in total. The van der Waals surface area contributed by atoms with Gasteiger partial charge in [0.25, 0.3) is 10.0 Å². The SMILES string of the molecule is Cc1ccc(S(=O)(=O)n2c(C(=O)c3cnn(-c4ccc5nc(C)[nH]c5c4)c3N)cc3ccc(-c4ccc(Cl)cn4)cc32)cc1. The van der Waals surface area contributed by atoms with Crippen molar-refractivity contribution in [2.75, 3.05) is 5.73 Å². The first-order chi connectivity index (χ1) is 21.1. The first-order valence-electron chi connectivity index (χ1n) is 13.5. The fourth-order valence-electron chi connectivity index (χ4n) is 5.25. The summed E-state index contributed by atoms with van der Waals surface area (Å²) in [7, 11) is -4.23. The number of halogens is 1. The van der Waals surface area contributed by atoms with E-state index in [0.29, 0.717) is 32.9 Å². The van der Waals surface area contributed by atoms with Crippen LogP contribution in [0.2, 0.25) is 5.02 Å². The van der Waals surface area contributed by atoms with Gasteiger partial charge in [-0.2, -0.15) is 5.10 Å². The Balaban J connectivity index is 1.40. The molecule has 0 aliphatic heterocycles. The molecule has 44 heavy (non-hydrogen) atoms. The third-order valence-electron chi connectivity index (χ3n) is 7.45. The predicted octanol–water partition coefficient (Wildman–Crippen LogP) is 6.09. The van der Waals surface area contributed by atoms with Crippen LogP contribution in [0.1, 0.15) is 27.4 Å². The molecule has 218 valence electrons. The number of aromatic amines is 1. The molecule has 0 bridgehead atoms. The maximum Gasteiger partial charge on any atom is 0.268 e. The zero-order valence-electron chi connectivity index (χ0n) is 23.5. The van der Waals surface area contributed by atoms with Gasteiger partial charge in [-0.15, -0.1) is 0 Å². The Kier molecular flexibility index (Phi) is 6.38. The van der Waals surface area contributed by atoms with Crippen molar-refractivity contribution in [1.29, 1.82) is 0 Å². The molecule has 7 rings (SSSR count). The number of hydrogen-bond acceptors (Lipinski definition) is 7. The summed E-state index contributed by atoms with van der Waals surface area (Å²) in [5.74, 6) is 0.241. The first-order valence-corrected chi connectivity index (χ1v) is 15.4. The van der Waals surface area contributed by atoms with E-state index in [-0.39, 0.29) is 22.0 Å². The largest absolute Gasteiger partial charge is 0.383 e. The van der Waals surface area contributed by atoms with Gasteiger partial charge in [-0.05, 0) is 68.4 Å². The lowest BCUT2D eigenvalue weighted by atomic mass is 10.1. The average molecular weight is 622 g/mol. The molecule has 0 atom stereocenters. The Bertz CT molecular complexity index is 2350. The number of fused-ring (bicyclic) bond motifs is 2. The van der Waals surface area contributed by atoms with E-state index >= 15 is 0 Å². The summed E-state index contributed by atoms with van der Waals surface area (Å²) in [6.45, 7) is 3.73. The van der Waals surface area contributed by atoms with E-state index in [0.717, 1.165) is 26.4 Å². The quantitative estimate of drug-likeness (QED) is 0.214. The molecule has 0 saturated carbocycles. The van der Waals surface area contributed by atoms with Crippen LogP contribution in [0.5, 0.6) is 0 Å². The highest BCUT2D eigenvalue weighted by Crippen LogP contribution is 2.32. The molecular formula is C32H24ClN7O3S. The van der Waals surface area contributed by atoms with Crippen LogP contribution >= 0.6 is 11.6 Å². The monoisotopic (exact) mass is 621 g/mol. The van der Waals surface area contributed by atoms with Crippen molar-refractivity contribution in [3.63, 3.8) is 0 Å². The number of H-pyrrole nitrogens is 1. The number of hydrogen-bond donors (Lipinski definition) is 2. The van der Waals surface area contributed by atoms with Crippen molar-refractivity contribution in [2.45, 2.75) is 18.7 Å². The van der Waals surface area contributed by atoms with Gasteiger partial charge in [0.05, 0.1) is 49.6 Å². The molecule has 10 nitrogen and oxygen atoms in total. The van der Waals surface area contributed by atoms with Crippen molar-refractivity contribution in [3.05, 3.63) is 119 Å². The molecule has 0 fully saturated rings. The van der Waals surface area contributed by atoms with Crippen molar-refractivity contribution in [2.24, 2.45) is 0 Å². The fourth-order valence-corrected chi connectivity index (χ4v) is 6.86. The molecule has 4 aromatic heterocycles. The summed E-state index contributed by atoms with van der Waals surface area (Å²) in [4.78, 5) is 26.2. The van der Waals surface area contributed by atoms with Crippen molar-refractivity contribution in [3.8, 4) is 16.9 Å². The van der Waals surface area contributed by atoms with E-state index in [9.17, 15) is 13.2 Å². The maximum atomic E-state index is 14.2. The van der Waals surface area contributed by atoms with E-state index in [2.05, 4.69) is 20.1 Å². The third kappa shape index (κ3) is 4.53. The number of anilines is 1. The second-order valence-electron chi connectivity index (χ2n) is 10.5. The number of pyridine rings is 1. The summed E-state index contributed by atoms with van der Waals surface area (Å²) in [6.07, 6.45) is 2.87. The number of benzene rings is 3. The zero-order chi connectivity index (χ0) is 30.7. The van der Waals surface area contributed by atoms with Gasteiger partial charge >= 0.3 is 0 Å². The average Bonchev–Trinajstić information content (AvgIpc) is 3.70. The second-order valence-corrected chi connectivity index (χ2v) is 12.7. The van der Waals surface area contributed by atoms with Crippen LogP contribution in [-0.2, 0) is 10.0 Å². The number of carbonyl (C=O) groups is 1. The van der Waals surface area contributed by atoms with E-state index in [1.807, 2.05) is 32.0 Å². The summed E-state index contributed by atoms with van der Waals surface area (Å²) >= 11 is 6.03. The number of nitrogen functional groups attached to an aromatic ring is 1. The van der Waals surface area contributed by atoms with Crippen molar-refractivity contribution >= 4 is 55.2 Å². The van der Waals surface area contributed by atoms with Gasteiger partial charge in [0, 0.05) is 17.1 Å². The lowest BCUT2D eigenvalue weighted by Crippen LogP contribution is -2.19. The van der Waals surface area contributed by atoms with Gasteiger partial charge in [0.1, 0.15) is 17.3 Å². The summed E-state index contributed by atoms with van der Waals surface area (Å²) < 4.78 is 31.0. The zero-order valence-corrected chi connectivity index (χ0v) is 25.1. The number of nitrogens with one attached hydrogen (secondary N) is 1. The highest BCUT2D eigenvalue weighted by atomic mass is 35.5. The molecule has 0 spiro atoms. The molecule has 7 aromatic rings. The Morgan fingerprint density at radius 3 is 2.48 bits per heavy atom. The summed E-state index contributed by atoms with van der Waals surface area (Å²) in [5, 5.41) is 5.41. The number of carbonyl (C=O) groups excluding carboxylic acids is 1. The summed E-state index contributed by atoms with van der Waals surface area (Å²) in [5.41, 5.74) is 11.1. The van der Waals surface area contributed by atoms with Crippen LogP contribution < -0.4 is 5.73 Å². The van der Waals surface area contributed by atoms with Crippen LogP contribution in [-0.4, -0.2) is 42.9 Å². The van der Waals surface area contributed by atoms with E-state index in [1.54, 1.807) is 48.5 Å². The Labute approximate surface area is 256 Å².